The van der Waals surface area contributed by atoms with Crippen molar-refractivity contribution >= 4 is 31.0 Å². The van der Waals surface area contributed by atoms with Crippen molar-refractivity contribution in [3.05, 3.63) is 29.8 Å². The van der Waals surface area contributed by atoms with Gasteiger partial charge < -0.3 is 4.74 Å². The number of ether oxygens (including phenoxy) is 1. The molecule has 0 saturated carbocycles. The van der Waals surface area contributed by atoms with Gasteiger partial charge in [-0.1, -0.05) is 12.1 Å². The molecule has 0 N–H and O–H groups in total. The number of hydrogen-bond acceptors (Lipinski definition) is 3. The highest BCUT2D eigenvalue weighted by molar-refractivity contribution is 7.80. The Morgan fingerprint density at radius 1 is 1.18 bits per heavy atom. The zero-order valence-corrected chi connectivity index (χ0v) is 10.5. The van der Waals surface area contributed by atoms with Crippen molar-refractivity contribution in [2.45, 2.75) is 11.8 Å². The number of esters is 1. The summed E-state index contributed by atoms with van der Waals surface area (Å²) in [6.45, 7) is 2.17. The molecule has 0 aliphatic rings. The summed E-state index contributed by atoms with van der Waals surface area (Å²) in [4.78, 5) is 11.8. The van der Waals surface area contributed by atoms with Crippen LogP contribution in [0.15, 0.2) is 29.2 Å². The number of thiol groups is 1. The minimum Gasteiger partial charge on any atom is -0.462 e. The molecule has 0 aromatic heterocycles. The van der Waals surface area contributed by atoms with Crippen LogP contribution in [0.1, 0.15) is 17.3 Å². The molecule has 1 aromatic carbocycles. The number of rotatable bonds is 2. The van der Waals surface area contributed by atoms with Crippen LogP contribution in [0, 0.1) is 0 Å². The van der Waals surface area contributed by atoms with Crippen LogP contribution in [0.5, 0.6) is 0 Å². The molecular weight excluding hydrogens is 284 g/mol. The highest BCUT2D eigenvalue weighted by Gasteiger charge is 2.08. The first-order valence-corrected chi connectivity index (χ1v) is 4.15. The average molecular weight is 299 g/mol. The molecule has 0 unspecified atom stereocenters. The van der Waals surface area contributed by atoms with Crippen LogP contribution >= 0.6 is 25.0 Å². The number of carbonyl (C=O) groups is 1. The fraction of sp³-hybridized carbons (Fsp3) is 0.222. The minimum absolute atomic E-state index is 0. The van der Waals surface area contributed by atoms with Gasteiger partial charge in [0.05, 0.1) is 12.2 Å². The Balaban J connectivity index is -0.0000000960. The van der Waals surface area contributed by atoms with Crippen molar-refractivity contribution in [1.29, 1.82) is 0 Å². The Hall–Kier alpha value is -0.950. The molecule has 0 fully saturated rings. The molecule has 0 aliphatic heterocycles. The van der Waals surface area contributed by atoms with E-state index in [-0.39, 0.29) is 37.2 Å². The molecule has 0 saturated heterocycles. The molecular formula is C9H15ClF4O2S. The van der Waals surface area contributed by atoms with Gasteiger partial charge in [-0.15, -0.1) is 25.0 Å². The van der Waals surface area contributed by atoms with E-state index in [1.807, 2.05) is 6.07 Å². The third kappa shape index (κ3) is 8.82. The van der Waals surface area contributed by atoms with Crippen LogP contribution in [0.2, 0.25) is 0 Å². The van der Waals surface area contributed by atoms with Crippen molar-refractivity contribution in [2.75, 3.05) is 6.61 Å². The molecule has 0 aliphatic carbocycles. The van der Waals surface area contributed by atoms with E-state index in [2.05, 4.69) is 12.6 Å². The monoisotopic (exact) mass is 298 g/mol. The van der Waals surface area contributed by atoms with Crippen LogP contribution in [0.3, 0.4) is 0 Å². The van der Waals surface area contributed by atoms with Crippen molar-refractivity contribution in [1.82, 2.24) is 0 Å². The molecule has 2 nitrogen and oxygen atoms in total. The van der Waals surface area contributed by atoms with Gasteiger partial charge in [0.1, 0.15) is 0 Å². The maximum atomic E-state index is 11.2. The lowest BCUT2D eigenvalue weighted by molar-refractivity contribution is 0.0522. The largest absolute Gasteiger partial charge is 0.462 e. The molecule has 1 rings (SSSR count). The van der Waals surface area contributed by atoms with Gasteiger partial charge in [-0.25, -0.2) is 4.79 Å². The first-order valence-electron chi connectivity index (χ1n) is 3.70. The summed E-state index contributed by atoms with van der Waals surface area (Å²) < 4.78 is 4.82. The Kier molecular flexibility index (Phi) is 26.4. The van der Waals surface area contributed by atoms with E-state index in [0.29, 0.717) is 17.1 Å². The van der Waals surface area contributed by atoms with Crippen LogP contribution in [0.25, 0.3) is 0 Å². The fourth-order valence-electron chi connectivity index (χ4n) is 0.855. The standard InChI is InChI=1S/C9H10O2S.ClH.4FH/c1-2-11-9(10)7-5-3-4-6-8(7)12;;;;;/h3-6,12H,2H2,1H3;5*1H. The van der Waals surface area contributed by atoms with Crippen molar-refractivity contribution < 1.29 is 28.3 Å². The van der Waals surface area contributed by atoms with Gasteiger partial charge in [0.2, 0.25) is 0 Å². The fourth-order valence-corrected chi connectivity index (χ4v) is 1.11. The predicted octanol–water partition coefficient (Wildman–Crippen LogP) is 3.18. The second kappa shape index (κ2) is 15.1. The lowest BCUT2D eigenvalue weighted by Gasteiger charge is -2.02. The first kappa shape index (κ1) is 29.8. The van der Waals surface area contributed by atoms with Gasteiger partial charge in [-0.2, -0.15) is 0 Å². The van der Waals surface area contributed by atoms with E-state index < -0.39 is 0 Å². The van der Waals surface area contributed by atoms with E-state index in [1.165, 1.54) is 0 Å². The lowest BCUT2D eigenvalue weighted by Crippen LogP contribution is -2.05. The Morgan fingerprint density at radius 3 is 2.06 bits per heavy atom. The average Bonchev–Trinajstić information content (AvgIpc) is 2.05. The number of halogens is 5. The van der Waals surface area contributed by atoms with E-state index in [4.69, 9.17) is 4.74 Å². The molecule has 0 spiro atoms. The number of hydrogen-bond donors (Lipinski definition) is 1. The number of carbonyl (C=O) groups excluding carboxylic acids is 1. The Morgan fingerprint density at radius 2 is 1.65 bits per heavy atom. The van der Waals surface area contributed by atoms with Crippen LogP contribution in [-0.2, 0) is 4.74 Å². The summed E-state index contributed by atoms with van der Waals surface area (Å²) in [6.07, 6.45) is 0. The zero-order chi connectivity index (χ0) is 8.97. The van der Waals surface area contributed by atoms with E-state index in [1.54, 1.807) is 25.1 Å². The van der Waals surface area contributed by atoms with Crippen LogP contribution in [0.4, 0.5) is 18.8 Å². The summed E-state index contributed by atoms with van der Waals surface area (Å²) in [5.74, 6) is -0.317. The zero-order valence-electron chi connectivity index (χ0n) is 8.82. The summed E-state index contributed by atoms with van der Waals surface area (Å²) in [5, 5.41) is 0. The van der Waals surface area contributed by atoms with Gasteiger partial charge in [-0.05, 0) is 19.1 Å². The van der Waals surface area contributed by atoms with Crippen LogP contribution in [-0.4, -0.2) is 12.6 Å². The van der Waals surface area contributed by atoms with Crippen molar-refractivity contribution in [3.63, 3.8) is 0 Å². The molecule has 0 atom stereocenters. The van der Waals surface area contributed by atoms with Gasteiger partial charge in [-0.3, -0.25) is 18.8 Å². The Bertz CT molecular complexity index is 302. The maximum absolute atomic E-state index is 11.2. The summed E-state index contributed by atoms with van der Waals surface area (Å²) in [7, 11) is 0. The highest BCUT2D eigenvalue weighted by Crippen LogP contribution is 2.13. The molecule has 104 valence electrons. The third-order valence-corrected chi connectivity index (χ3v) is 1.79. The third-order valence-electron chi connectivity index (χ3n) is 1.40. The molecule has 1 aromatic rings. The van der Waals surface area contributed by atoms with Gasteiger partial charge in [0.15, 0.2) is 0 Å². The second-order valence-electron chi connectivity index (χ2n) is 2.24. The quantitative estimate of drug-likeness (QED) is 0.516. The summed E-state index contributed by atoms with van der Waals surface area (Å²) in [6, 6.07) is 7.06. The van der Waals surface area contributed by atoms with Gasteiger partial charge in [0, 0.05) is 4.90 Å². The van der Waals surface area contributed by atoms with E-state index in [0.717, 1.165) is 0 Å². The summed E-state index contributed by atoms with van der Waals surface area (Å²) in [5.41, 5.74) is 0.516. The van der Waals surface area contributed by atoms with Gasteiger partial charge >= 0.3 is 5.97 Å². The smallest absolute Gasteiger partial charge is 0.339 e. The SMILES string of the molecule is CCOC(=O)c1ccccc1S.Cl.F.F.F.F. The second-order valence-corrected chi connectivity index (χ2v) is 2.72. The van der Waals surface area contributed by atoms with Crippen molar-refractivity contribution in [2.24, 2.45) is 0 Å². The van der Waals surface area contributed by atoms with E-state index >= 15 is 0 Å². The minimum atomic E-state index is -0.317. The summed E-state index contributed by atoms with van der Waals surface area (Å²) >= 11 is 4.13. The molecule has 0 bridgehead atoms. The topological polar surface area (TPSA) is 26.3 Å². The van der Waals surface area contributed by atoms with Gasteiger partial charge in [0.25, 0.3) is 0 Å². The molecule has 0 radical (unpaired) electrons. The Labute approximate surface area is 108 Å². The normalized spacial score (nSPS) is 6.71. The molecule has 0 heterocycles. The number of benzene rings is 1. The molecule has 8 heteroatoms. The van der Waals surface area contributed by atoms with E-state index in [9.17, 15) is 4.79 Å². The predicted molar refractivity (Wildman–Crippen MR) is 66.9 cm³/mol. The maximum Gasteiger partial charge on any atom is 0.339 e. The molecule has 0 amide bonds. The van der Waals surface area contributed by atoms with Crippen molar-refractivity contribution in [3.8, 4) is 0 Å². The molecule has 17 heavy (non-hydrogen) atoms. The van der Waals surface area contributed by atoms with Crippen LogP contribution < -0.4 is 0 Å². The lowest BCUT2D eigenvalue weighted by atomic mass is 10.2. The highest BCUT2D eigenvalue weighted by atomic mass is 35.5. The first-order chi connectivity index (χ1) is 5.75.